The number of phenols is 1. The van der Waals surface area contributed by atoms with E-state index < -0.39 is 0 Å². The molecule has 2 aromatic rings. The quantitative estimate of drug-likeness (QED) is 0.522. The zero-order chi connectivity index (χ0) is 19.1. The highest BCUT2D eigenvalue weighted by atomic mass is 16.5. The lowest BCUT2D eigenvalue weighted by molar-refractivity contribution is 0.104. The molecule has 0 saturated carbocycles. The van der Waals surface area contributed by atoms with Crippen molar-refractivity contribution >= 4 is 11.9 Å². The molecule has 0 aliphatic rings. The largest absolute Gasteiger partial charge is 0.507 e. The van der Waals surface area contributed by atoms with Crippen molar-refractivity contribution < 1.29 is 19.4 Å². The first-order chi connectivity index (χ1) is 12.5. The topological polar surface area (TPSA) is 55.8 Å². The molecule has 1 N–H and O–H groups in total. The molecule has 0 saturated heterocycles. The normalized spacial score (nSPS) is 11.1. The van der Waals surface area contributed by atoms with Crippen molar-refractivity contribution in [3.8, 4) is 17.2 Å². The molecule has 4 nitrogen and oxygen atoms in total. The summed E-state index contributed by atoms with van der Waals surface area (Å²) in [6.45, 7) is 9.00. The number of allylic oxidation sites excluding steroid dienone is 1. The number of hydrogen-bond acceptors (Lipinski definition) is 4. The van der Waals surface area contributed by atoms with Gasteiger partial charge in [0.2, 0.25) is 0 Å². The van der Waals surface area contributed by atoms with Gasteiger partial charge in [-0.2, -0.15) is 0 Å². The molecule has 0 aliphatic heterocycles. The number of ether oxygens (including phenoxy) is 2. The Hall–Kier alpha value is -2.75. The van der Waals surface area contributed by atoms with Gasteiger partial charge in [-0.1, -0.05) is 32.1 Å². The van der Waals surface area contributed by atoms with Gasteiger partial charge < -0.3 is 14.6 Å². The first kappa shape index (κ1) is 19.6. The van der Waals surface area contributed by atoms with Gasteiger partial charge in [0.05, 0.1) is 18.8 Å². The molecule has 0 radical (unpaired) electrons. The first-order valence-electron chi connectivity index (χ1n) is 8.91. The summed E-state index contributed by atoms with van der Waals surface area (Å²) in [6, 6.07) is 10.7. The smallest absolute Gasteiger partial charge is 0.189 e. The summed E-state index contributed by atoms with van der Waals surface area (Å²) < 4.78 is 11.1. The van der Waals surface area contributed by atoms with E-state index in [4.69, 9.17) is 9.47 Å². The average molecular weight is 354 g/mol. The van der Waals surface area contributed by atoms with Gasteiger partial charge in [-0.15, -0.1) is 0 Å². The van der Waals surface area contributed by atoms with Crippen LogP contribution in [0.4, 0.5) is 0 Å². The lowest BCUT2D eigenvalue weighted by Crippen LogP contribution is -1.99. The Morgan fingerprint density at radius 2 is 1.73 bits per heavy atom. The number of ketones is 1. The Bertz CT molecular complexity index is 791. The van der Waals surface area contributed by atoms with Gasteiger partial charge in [0.25, 0.3) is 0 Å². The molecule has 4 heteroatoms. The van der Waals surface area contributed by atoms with Gasteiger partial charge in [0.1, 0.15) is 5.75 Å². The second-order valence-corrected chi connectivity index (χ2v) is 6.20. The van der Waals surface area contributed by atoms with E-state index in [1.807, 2.05) is 52.0 Å². The maximum Gasteiger partial charge on any atom is 0.189 e. The van der Waals surface area contributed by atoms with Crippen LogP contribution in [0.1, 0.15) is 55.1 Å². The van der Waals surface area contributed by atoms with E-state index in [2.05, 4.69) is 0 Å². The van der Waals surface area contributed by atoms with Gasteiger partial charge >= 0.3 is 0 Å². The van der Waals surface area contributed by atoms with Crippen molar-refractivity contribution in [1.29, 1.82) is 0 Å². The number of carbonyl (C=O) groups excluding carboxylic acids is 1. The zero-order valence-corrected chi connectivity index (χ0v) is 15.8. The summed E-state index contributed by atoms with van der Waals surface area (Å²) in [5.41, 5.74) is 2.15. The molecule has 0 unspecified atom stereocenters. The predicted octanol–water partition coefficient (Wildman–Crippen LogP) is 5.21. The fourth-order valence-corrected chi connectivity index (χ4v) is 2.54. The van der Waals surface area contributed by atoms with E-state index in [-0.39, 0.29) is 17.5 Å². The highest BCUT2D eigenvalue weighted by Gasteiger charge is 2.11. The van der Waals surface area contributed by atoms with Crippen LogP contribution in [0.3, 0.4) is 0 Å². The van der Waals surface area contributed by atoms with E-state index in [9.17, 15) is 9.90 Å². The monoisotopic (exact) mass is 354 g/mol. The molecule has 2 aromatic carbocycles. The minimum absolute atomic E-state index is 0.00857. The molecule has 26 heavy (non-hydrogen) atoms. The van der Waals surface area contributed by atoms with E-state index in [0.29, 0.717) is 30.3 Å². The average Bonchev–Trinajstić information content (AvgIpc) is 2.62. The number of phenolic OH excluding ortho intramolecular Hbond substituents is 1. The molecule has 0 fully saturated rings. The molecule has 0 spiro atoms. The number of rotatable bonds is 8. The molecule has 0 bridgehead atoms. The van der Waals surface area contributed by atoms with E-state index >= 15 is 0 Å². The third-order valence-electron chi connectivity index (χ3n) is 3.95. The van der Waals surface area contributed by atoms with Crippen LogP contribution in [0, 0.1) is 0 Å². The molecule has 0 aromatic heterocycles. The summed E-state index contributed by atoms with van der Waals surface area (Å²) in [7, 11) is 0. The summed E-state index contributed by atoms with van der Waals surface area (Å²) in [4.78, 5) is 12.5. The van der Waals surface area contributed by atoms with Gasteiger partial charge in [-0.3, -0.25) is 4.79 Å². The summed E-state index contributed by atoms with van der Waals surface area (Å²) in [6.07, 6.45) is 3.17. The summed E-state index contributed by atoms with van der Waals surface area (Å²) in [5.74, 6) is 1.36. The van der Waals surface area contributed by atoms with Crippen LogP contribution < -0.4 is 9.47 Å². The van der Waals surface area contributed by atoms with Crippen LogP contribution >= 0.6 is 0 Å². The molecule has 2 rings (SSSR count). The third-order valence-corrected chi connectivity index (χ3v) is 3.95. The Balaban J connectivity index is 2.25. The van der Waals surface area contributed by atoms with Crippen molar-refractivity contribution in [1.82, 2.24) is 0 Å². The summed E-state index contributed by atoms with van der Waals surface area (Å²) >= 11 is 0. The van der Waals surface area contributed by atoms with E-state index in [0.717, 1.165) is 11.1 Å². The summed E-state index contributed by atoms with van der Waals surface area (Å²) in [5, 5.41) is 10.0. The van der Waals surface area contributed by atoms with Crippen LogP contribution in [0.2, 0.25) is 0 Å². The predicted molar refractivity (Wildman–Crippen MR) is 104 cm³/mol. The second-order valence-electron chi connectivity index (χ2n) is 6.20. The Morgan fingerprint density at radius 1 is 1.04 bits per heavy atom. The minimum Gasteiger partial charge on any atom is -0.507 e. The van der Waals surface area contributed by atoms with Crippen LogP contribution in [0.15, 0.2) is 42.5 Å². The van der Waals surface area contributed by atoms with Crippen molar-refractivity contribution in [2.24, 2.45) is 0 Å². The molecule has 0 aliphatic carbocycles. The van der Waals surface area contributed by atoms with Crippen molar-refractivity contribution in [3.63, 3.8) is 0 Å². The SMILES string of the molecule is CCOc1ccc(/C=C/C(=O)c2cc(C(C)C)ccc2O)cc1OCC. The number of aromatic hydroxyl groups is 1. The fraction of sp³-hybridized carbons (Fsp3) is 0.318. The first-order valence-corrected chi connectivity index (χ1v) is 8.91. The van der Waals surface area contributed by atoms with Crippen molar-refractivity contribution in [2.75, 3.05) is 13.2 Å². The number of benzene rings is 2. The number of hydrogen-bond donors (Lipinski definition) is 1. The highest BCUT2D eigenvalue weighted by molar-refractivity contribution is 6.08. The Morgan fingerprint density at radius 3 is 2.38 bits per heavy atom. The highest BCUT2D eigenvalue weighted by Crippen LogP contribution is 2.29. The molecular weight excluding hydrogens is 328 g/mol. The minimum atomic E-state index is -0.239. The Labute approximate surface area is 155 Å². The molecule has 0 atom stereocenters. The lowest BCUT2D eigenvalue weighted by atomic mass is 9.98. The van der Waals surface area contributed by atoms with Crippen molar-refractivity contribution in [2.45, 2.75) is 33.6 Å². The van der Waals surface area contributed by atoms with Gasteiger partial charge in [-0.25, -0.2) is 0 Å². The van der Waals surface area contributed by atoms with Crippen LogP contribution in [0.5, 0.6) is 17.2 Å². The van der Waals surface area contributed by atoms with Crippen molar-refractivity contribution in [3.05, 3.63) is 59.2 Å². The molecule has 138 valence electrons. The Kier molecular flexibility index (Phi) is 6.84. The van der Waals surface area contributed by atoms with E-state index in [1.165, 1.54) is 6.08 Å². The molecule has 0 heterocycles. The maximum atomic E-state index is 12.5. The lowest BCUT2D eigenvalue weighted by Gasteiger charge is -2.11. The van der Waals surface area contributed by atoms with E-state index in [1.54, 1.807) is 18.2 Å². The molecular formula is C22H26O4. The number of carbonyl (C=O) groups is 1. The van der Waals surface area contributed by atoms with Crippen LogP contribution in [0.25, 0.3) is 6.08 Å². The maximum absolute atomic E-state index is 12.5. The third kappa shape index (κ3) is 4.88. The van der Waals surface area contributed by atoms with Crippen LogP contribution in [-0.4, -0.2) is 24.1 Å². The zero-order valence-electron chi connectivity index (χ0n) is 15.8. The standard InChI is InChI=1S/C22H26O4/c1-5-25-21-12-8-16(13-22(21)26-6-2)7-10-19(23)18-14-17(15(3)4)9-11-20(18)24/h7-15,24H,5-6H2,1-4H3/b10-7+. The van der Waals surface area contributed by atoms with Gasteiger partial charge in [0.15, 0.2) is 17.3 Å². The second kappa shape index (κ2) is 9.09. The van der Waals surface area contributed by atoms with Crippen LogP contribution in [-0.2, 0) is 0 Å². The molecule has 0 amide bonds. The van der Waals surface area contributed by atoms with Gasteiger partial charge in [-0.05, 0) is 61.2 Å². The fourth-order valence-electron chi connectivity index (χ4n) is 2.54. The van der Waals surface area contributed by atoms with Gasteiger partial charge in [0, 0.05) is 0 Å².